The van der Waals surface area contributed by atoms with Crippen molar-refractivity contribution >= 4 is 34.3 Å². The first-order chi connectivity index (χ1) is 7.54. The molecule has 0 heterocycles. The van der Waals surface area contributed by atoms with E-state index in [0.29, 0.717) is 11.5 Å². The Balaban J connectivity index is 4.16. The van der Waals surface area contributed by atoms with Crippen LogP contribution in [0.3, 0.4) is 0 Å². The Labute approximate surface area is 104 Å². The van der Waals surface area contributed by atoms with Crippen LogP contribution in [0.15, 0.2) is 25.3 Å². The molecule has 0 spiro atoms. The third-order valence-corrected chi connectivity index (χ3v) is 9.45. The smallest absolute Gasteiger partial charge is 0.317 e. The summed E-state index contributed by atoms with van der Waals surface area (Å²) in [5, 5.41) is 11.1. The summed E-state index contributed by atoms with van der Waals surface area (Å²) in [4.78, 5) is 10.3. The Kier molecular flexibility index (Phi) is 8.84. The fourth-order valence-corrected chi connectivity index (χ4v) is 7.15. The lowest BCUT2D eigenvalue weighted by Gasteiger charge is -2.15. The predicted octanol–water partition coefficient (Wildman–Crippen LogP) is 2.65. The number of carbonyl (C=O) groups is 1. The van der Waals surface area contributed by atoms with Crippen LogP contribution in [0.1, 0.15) is 0 Å². The molecular formula is C9H16NO3PS2. The van der Waals surface area contributed by atoms with E-state index in [2.05, 4.69) is 18.5 Å². The highest BCUT2D eigenvalue weighted by Crippen LogP contribution is 2.68. The van der Waals surface area contributed by atoms with E-state index in [1.807, 2.05) is 0 Å². The molecule has 0 bridgehead atoms. The molecule has 0 aromatic carbocycles. The summed E-state index contributed by atoms with van der Waals surface area (Å²) in [5.74, 6) is 0.237. The Morgan fingerprint density at radius 3 is 2.19 bits per heavy atom. The van der Waals surface area contributed by atoms with Crippen LogP contribution >= 0.6 is 28.3 Å². The predicted molar refractivity (Wildman–Crippen MR) is 73.4 cm³/mol. The van der Waals surface area contributed by atoms with Gasteiger partial charge in [0, 0.05) is 11.5 Å². The summed E-state index contributed by atoms with van der Waals surface area (Å²) in [6.07, 6.45) is 3.57. The van der Waals surface area contributed by atoms with Crippen LogP contribution in [0.25, 0.3) is 0 Å². The molecule has 7 heteroatoms. The second-order valence-corrected chi connectivity index (χ2v) is 11.3. The number of carboxylic acid groups (broad SMARTS) is 1. The van der Waals surface area contributed by atoms with Crippen LogP contribution in [0.4, 0.5) is 0 Å². The summed E-state index contributed by atoms with van der Waals surface area (Å²) < 4.78 is 12.3. The maximum absolute atomic E-state index is 12.3. The molecule has 0 aromatic rings. The number of hydrogen-bond acceptors (Lipinski definition) is 5. The van der Waals surface area contributed by atoms with E-state index in [0.717, 1.165) is 0 Å². The van der Waals surface area contributed by atoms with Crippen molar-refractivity contribution in [2.24, 2.45) is 0 Å². The van der Waals surface area contributed by atoms with Crippen LogP contribution in [-0.2, 0) is 9.36 Å². The van der Waals surface area contributed by atoms with E-state index in [1.165, 1.54) is 22.8 Å². The molecule has 0 saturated heterocycles. The van der Waals surface area contributed by atoms with Crippen molar-refractivity contribution in [2.45, 2.75) is 0 Å². The normalized spacial score (nSPS) is 11.0. The van der Waals surface area contributed by atoms with Crippen LogP contribution in [0, 0.1) is 0 Å². The minimum atomic E-state index is -2.49. The quantitative estimate of drug-likeness (QED) is 0.474. The van der Waals surface area contributed by atoms with Gasteiger partial charge in [-0.15, -0.1) is 13.2 Å². The summed E-state index contributed by atoms with van der Waals surface area (Å²) in [5.41, 5.74) is -2.49. The highest BCUT2D eigenvalue weighted by molar-refractivity contribution is 8.90. The fourth-order valence-electron chi connectivity index (χ4n) is 0.761. The van der Waals surface area contributed by atoms with Crippen LogP contribution in [0.5, 0.6) is 0 Å². The minimum Gasteiger partial charge on any atom is -0.480 e. The second kappa shape index (κ2) is 8.93. The molecule has 0 rings (SSSR count). The molecule has 0 aliphatic carbocycles. The molecule has 0 aliphatic rings. The van der Waals surface area contributed by atoms with Gasteiger partial charge in [0.25, 0.3) is 0 Å². The molecule has 16 heavy (non-hydrogen) atoms. The van der Waals surface area contributed by atoms with Gasteiger partial charge >= 0.3 is 5.97 Å². The summed E-state index contributed by atoms with van der Waals surface area (Å²) in [7, 11) is 0. The van der Waals surface area contributed by atoms with Crippen molar-refractivity contribution in [1.29, 1.82) is 0 Å². The zero-order valence-electron chi connectivity index (χ0n) is 8.92. The number of rotatable bonds is 10. The first kappa shape index (κ1) is 15.8. The van der Waals surface area contributed by atoms with Crippen molar-refractivity contribution in [3.63, 3.8) is 0 Å². The van der Waals surface area contributed by atoms with Gasteiger partial charge < -0.3 is 5.11 Å². The molecule has 92 valence electrons. The molecule has 0 atom stereocenters. The van der Waals surface area contributed by atoms with E-state index in [1.54, 1.807) is 12.2 Å². The van der Waals surface area contributed by atoms with Crippen molar-refractivity contribution in [2.75, 3.05) is 24.3 Å². The van der Waals surface area contributed by atoms with Crippen LogP contribution < -0.4 is 5.32 Å². The number of carboxylic acids is 1. The molecule has 2 N–H and O–H groups in total. The third kappa shape index (κ3) is 8.05. The number of nitrogens with one attached hydrogen (secondary N) is 1. The van der Waals surface area contributed by atoms with Gasteiger partial charge in [0.2, 0.25) is 5.55 Å². The molecule has 0 aliphatic heterocycles. The zero-order valence-corrected chi connectivity index (χ0v) is 11.5. The molecule has 0 radical (unpaired) electrons. The summed E-state index contributed by atoms with van der Waals surface area (Å²) >= 11 is 2.63. The summed E-state index contributed by atoms with van der Waals surface area (Å²) in [6, 6.07) is 0. The van der Waals surface area contributed by atoms with E-state index >= 15 is 0 Å². The maximum atomic E-state index is 12.3. The average Bonchev–Trinajstić information content (AvgIpc) is 2.23. The van der Waals surface area contributed by atoms with Gasteiger partial charge in [-0.3, -0.25) is 14.7 Å². The molecule has 0 saturated carbocycles. The van der Waals surface area contributed by atoms with Gasteiger partial charge in [0.15, 0.2) is 0 Å². The number of hydrogen-bond donors (Lipinski definition) is 2. The maximum Gasteiger partial charge on any atom is 0.317 e. The topological polar surface area (TPSA) is 66.4 Å². The van der Waals surface area contributed by atoms with Crippen LogP contribution in [0.2, 0.25) is 0 Å². The SMILES string of the molecule is C=CCSP(=O)(CNCC(=O)O)SCC=C. The lowest BCUT2D eigenvalue weighted by atomic mass is 10.7. The van der Waals surface area contributed by atoms with Gasteiger partial charge in [0.1, 0.15) is 0 Å². The lowest BCUT2D eigenvalue weighted by molar-refractivity contribution is -0.135. The highest BCUT2D eigenvalue weighted by Gasteiger charge is 2.22. The first-order valence-corrected chi connectivity index (χ1v) is 9.64. The monoisotopic (exact) mass is 281 g/mol. The first-order valence-electron chi connectivity index (χ1n) is 4.56. The standard InChI is InChI=1S/C9H16NO3PS2/c1-3-5-15-14(13,16-6-4-2)8-10-7-9(11)12/h3-4,10H,1-2,5-8H2,(H,11,12). The Morgan fingerprint density at radius 2 is 1.81 bits per heavy atom. The minimum absolute atomic E-state index is 0.173. The molecule has 0 unspecified atom stereocenters. The van der Waals surface area contributed by atoms with E-state index < -0.39 is 11.5 Å². The summed E-state index contributed by atoms with van der Waals surface area (Å²) in [6.45, 7) is 6.96. The van der Waals surface area contributed by atoms with Gasteiger partial charge in [-0.1, -0.05) is 34.9 Å². The Morgan fingerprint density at radius 1 is 1.31 bits per heavy atom. The van der Waals surface area contributed by atoms with E-state index in [-0.39, 0.29) is 12.8 Å². The van der Waals surface area contributed by atoms with Gasteiger partial charge in [-0.2, -0.15) is 0 Å². The Hall–Kier alpha value is -0.160. The molecular weight excluding hydrogens is 265 g/mol. The number of aliphatic carboxylic acids is 1. The van der Waals surface area contributed by atoms with Crippen molar-refractivity contribution < 1.29 is 14.5 Å². The highest BCUT2D eigenvalue weighted by atomic mass is 33.1. The molecule has 0 fully saturated rings. The van der Waals surface area contributed by atoms with Gasteiger partial charge in [0.05, 0.1) is 12.8 Å². The van der Waals surface area contributed by atoms with Gasteiger partial charge in [-0.05, 0) is 0 Å². The van der Waals surface area contributed by atoms with Crippen molar-refractivity contribution in [1.82, 2.24) is 5.32 Å². The molecule has 0 amide bonds. The average molecular weight is 281 g/mol. The molecule has 4 nitrogen and oxygen atoms in total. The van der Waals surface area contributed by atoms with E-state index in [9.17, 15) is 9.36 Å². The lowest BCUT2D eigenvalue weighted by Crippen LogP contribution is -2.22. The largest absolute Gasteiger partial charge is 0.480 e. The zero-order chi connectivity index (χ0) is 12.4. The fraction of sp³-hybridized carbons (Fsp3) is 0.444. The van der Waals surface area contributed by atoms with Crippen molar-refractivity contribution in [3.8, 4) is 0 Å². The van der Waals surface area contributed by atoms with E-state index in [4.69, 9.17) is 5.11 Å². The Bertz CT molecular complexity index is 280. The van der Waals surface area contributed by atoms with Gasteiger partial charge in [-0.25, -0.2) is 0 Å². The van der Waals surface area contributed by atoms with Crippen molar-refractivity contribution in [3.05, 3.63) is 25.3 Å². The van der Waals surface area contributed by atoms with Crippen LogP contribution in [-0.4, -0.2) is 35.4 Å². The third-order valence-electron chi connectivity index (χ3n) is 1.36. The second-order valence-electron chi connectivity index (χ2n) is 2.76. The molecule has 0 aromatic heterocycles.